The van der Waals surface area contributed by atoms with E-state index in [0.717, 1.165) is 0 Å². The summed E-state index contributed by atoms with van der Waals surface area (Å²) in [7, 11) is 0. The van der Waals surface area contributed by atoms with Gasteiger partial charge in [0.15, 0.2) is 0 Å². The number of allylic oxidation sites excluding steroid dienone is 2. The van der Waals surface area contributed by atoms with E-state index in [-0.39, 0.29) is 30.7 Å². The van der Waals surface area contributed by atoms with Crippen LogP contribution in [0.15, 0.2) is 21.3 Å². The summed E-state index contributed by atoms with van der Waals surface area (Å²) in [6, 6.07) is 0. The average Bonchev–Trinajstić information content (AvgIpc) is 1.92. The van der Waals surface area contributed by atoms with Crippen molar-refractivity contribution in [1.82, 2.24) is 0 Å². The molecule has 1 N–H and O–H groups in total. The van der Waals surface area contributed by atoms with Crippen LogP contribution in [0.1, 0.15) is 27.7 Å². The van der Waals surface area contributed by atoms with Crippen LogP contribution >= 0.6 is 0 Å². The van der Waals surface area contributed by atoms with Crippen LogP contribution < -0.4 is 21.2 Å². The van der Waals surface area contributed by atoms with Gasteiger partial charge in [0.05, 0.1) is 0 Å². The van der Waals surface area contributed by atoms with Gasteiger partial charge < -0.3 is 0 Å². The van der Waals surface area contributed by atoms with E-state index in [4.69, 9.17) is 0 Å². The molecule has 1 aliphatic heterocycles. The molecule has 1 aliphatic rings. The first kappa shape index (κ1) is 10.3. The van der Waals surface area contributed by atoms with E-state index in [2.05, 4.69) is 37.9 Å². The first-order chi connectivity index (χ1) is 5.41. The van der Waals surface area contributed by atoms with Crippen molar-refractivity contribution >= 4 is 0 Å². The van der Waals surface area contributed by atoms with Gasteiger partial charge in [0.25, 0.3) is 0 Å². The van der Waals surface area contributed by atoms with Gasteiger partial charge in [0.2, 0.25) is 0 Å². The van der Waals surface area contributed by atoms with Crippen LogP contribution in [0.25, 0.3) is 0 Å². The minimum atomic E-state index is -0.169. The van der Waals surface area contributed by atoms with E-state index in [9.17, 15) is 5.11 Å². The van der Waals surface area contributed by atoms with Gasteiger partial charge in [-0.3, -0.25) is 0 Å². The topological polar surface area (TPSA) is 20.2 Å². The molecule has 1 atom stereocenters. The summed E-state index contributed by atoms with van der Waals surface area (Å²) in [5.74, 6) is 0. The summed E-state index contributed by atoms with van der Waals surface area (Å²) in [4.78, 5) is 0. The molecule has 12 heavy (non-hydrogen) atoms. The Morgan fingerprint density at radius 2 is 2.00 bits per heavy atom. The van der Waals surface area contributed by atoms with Crippen LogP contribution in [0.3, 0.4) is 0 Å². The monoisotopic (exact) mass is 279 g/mol. The Hall–Kier alpha value is 0.170. The fraction of sp³-hybridized carbons (Fsp3) is 0.600. The second-order valence-electron chi connectivity index (χ2n) is 4.16. The number of aliphatic hydroxyl groups excluding tert-OH is 1. The standard InChI is InChI=1S/C10H16IO/c1-7-5-8(10(2,3)4)9(12)11-6-7/h5-6,9,12H,1-4H3/q-1. The van der Waals surface area contributed by atoms with Crippen LogP contribution in [0.4, 0.5) is 0 Å². The molecule has 0 aromatic carbocycles. The van der Waals surface area contributed by atoms with Crippen molar-refractivity contribution in [3.05, 3.63) is 21.3 Å². The zero-order valence-corrected chi connectivity index (χ0v) is 10.2. The van der Waals surface area contributed by atoms with E-state index in [1.807, 2.05) is 0 Å². The zero-order chi connectivity index (χ0) is 9.35. The van der Waals surface area contributed by atoms with Gasteiger partial charge in [0.1, 0.15) is 0 Å². The molecule has 1 nitrogen and oxygen atoms in total. The maximum atomic E-state index is 9.76. The number of rotatable bonds is 0. The Bertz CT molecular complexity index is 233. The average molecular weight is 279 g/mol. The summed E-state index contributed by atoms with van der Waals surface area (Å²) in [6.07, 6.45) is 2.13. The van der Waals surface area contributed by atoms with Crippen molar-refractivity contribution in [1.29, 1.82) is 0 Å². The van der Waals surface area contributed by atoms with Crippen molar-refractivity contribution in [2.75, 3.05) is 0 Å². The molecule has 0 aromatic heterocycles. The Morgan fingerprint density at radius 3 is 2.42 bits per heavy atom. The van der Waals surface area contributed by atoms with Gasteiger partial charge in [-0.1, -0.05) is 0 Å². The van der Waals surface area contributed by atoms with Crippen LogP contribution in [0.5, 0.6) is 0 Å². The van der Waals surface area contributed by atoms with Gasteiger partial charge in [0, 0.05) is 0 Å². The molecular weight excluding hydrogens is 263 g/mol. The number of hydrogen-bond acceptors (Lipinski definition) is 1. The zero-order valence-electron chi connectivity index (χ0n) is 8.06. The molecule has 0 radical (unpaired) electrons. The van der Waals surface area contributed by atoms with E-state index in [0.29, 0.717) is 0 Å². The fourth-order valence-corrected chi connectivity index (χ4v) is 3.74. The Labute approximate surface area is 84.8 Å². The van der Waals surface area contributed by atoms with E-state index in [1.54, 1.807) is 0 Å². The molecule has 70 valence electrons. The van der Waals surface area contributed by atoms with Crippen molar-refractivity contribution in [2.24, 2.45) is 5.41 Å². The van der Waals surface area contributed by atoms with Gasteiger partial charge in [-0.25, -0.2) is 0 Å². The normalized spacial score (nSPS) is 25.6. The number of hydrogen-bond donors (Lipinski definition) is 1. The van der Waals surface area contributed by atoms with Crippen molar-refractivity contribution in [3.8, 4) is 0 Å². The second kappa shape index (κ2) is 3.50. The van der Waals surface area contributed by atoms with E-state index >= 15 is 0 Å². The van der Waals surface area contributed by atoms with Crippen LogP contribution in [0.2, 0.25) is 0 Å². The van der Waals surface area contributed by atoms with E-state index in [1.165, 1.54) is 11.1 Å². The predicted octanol–water partition coefficient (Wildman–Crippen LogP) is -0.716. The fourth-order valence-electron chi connectivity index (χ4n) is 1.15. The molecule has 0 aromatic rings. The second-order valence-corrected chi connectivity index (χ2v) is 6.69. The third-order valence-electron chi connectivity index (χ3n) is 1.86. The van der Waals surface area contributed by atoms with Crippen molar-refractivity contribution < 1.29 is 26.3 Å². The van der Waals surface area contributed by atoms with Crippen molar-refractivity contribution in [2.45, 2.75) is 31.8 Å². The van der Waals surface area contributed by atoms with Crippen LogP contribution in [0, 0.1) is 5.41 Å². The van der Waals surface area contributed by atoms with E-state index < -0.39 is 0 Å². The predicted molar refractivity (Wildman–Crippen MR) is 47.3 cm³/mol. The molecular formula is C10H16IO-. The van der Waals surface area contributed by atoms with Crippen LogP contribution in [-0.2, 0) is 0 Å². The molecule has 0 saturated heterocycles. The molecule has 0 spiro atoms. The third kappa shape index (κ3) is 2.33. The minimum absolute atomic E-state index is 0.120. The van der Waals surface area contributed by atoms with Gasteiger partial charge >= 0.3 is 84.8 Å². The Balaban J connectivity index is 2.94. The molecule has 1 unspecified atom stereocenters. The number of halogens is 1. The van der Waals surface area contributed by atoms with Crippen molar-refractivity contribution in [3.63, 3.8) is 0 Å². The molecule has 0 amide bonds. The first-order valence-electron chi connectivity index (χ1n) is 4.10. The molecule has 0 saturated carbocycles. The maximum absolute atomic E-state index is 9.76. The molecule has 2 heteroatoms. The molecule has 0 bridgehead atoms. The molecule has 1 heterocycles. The Morgan fingerprint density at radius 1 is 1.42 bits per heavy atom. The summed E-state index contributed by atoms with van der Waals surface area (Å²) in [5.41, 5.74) is 2.64. The SMILES string of the molecule is CC1=C[I-]C(O)C(C(C)(C)C)=C1. The van der Waals surface area contributed by atoms with Gasteiger partial charge in [-0.15, -0.1) is 0 Å². The van der Waals surface area contributed by atoms with Crippen LogP contribution in [-0.4, -0.2) is 9.22 Å². The Kier molecular flexibility index (Phi) is 2.99. The summed E-state index contributed by atoms with van der Waals surface area (Å²) in [5, 5.41) is 9.76. The van der Waals surface area contributed by atoms with Gasteiger partial charge in [-0.05, 0) is 0 Å². The summed E-state index contributed by atoms with van der Waals surface area (Å²) < 4.78 is 2.03. The summed E-state index contributed by atoms with van der Waals surface area (Å²) >= 11 is -0.169. The van der Waals surface area contributed by atoms with Gasteiger partial charge in [-0.2, -0.15) is 0 Å². The molecule has 0 fully saturated rings. The number of aliphatic hydroxyl groups is 1. The quantitative estimate of drug-likeness (QED) is 0.458. The number of alkyl halides is 1. The molecule has 0 aliphatic carbocycles. The molecule has 1 rings (SSSR count). The summed E-state index contributed by atoms with van der Waals surface area (Å²) in [6.45, 7) is 8.58. The third-order valence-corrected chi connectivity index (χ3v) is 4.55. The first-order valence-corrected chi connectivity index (χ1v) is 6.59.